The summed E-state index contributed by atoms with van der Waals surface area (Å²) in [7, 11) is 0. The summed E-state index contributed by atoms with van der Waals surface area (Å²) in [5, 5.41) is 1.34. The van der Waals surface area contributed by atoms with E-state index in [1.807, 2.05) is 30.3 Å². The first kappa shape index (κ1) is 20.6. The first-order valence-corrected chi connectivity index (χ1v) is 11.0. The smallest absolute Gasteiger partial charge is 0.262 e. The molecule has 0 spiro atoms. The maximum Gasteiger partial charge on any atom is 0.262 e. The van der Waals surface area contributed by atoms with E-state index in [9.17, 15) is 9.59 Å². The number of halogens is 1. The summed E-state index contributed by atoms with van der Waals surface area (Å²) in [5.74, 6) is 0.215. The Morgan fingerprint density at radius 1 is 1.18 bits per heavy atom. The Hall–Kier alpha value is -2.12. The lowest BCUT2D eigenvalue weighted by Gasteiger charge is -2.13. The summed E-state index contributed by atoms with van der Waals surface area (Å²) in [5.41, 5.74) is 7.51. The third-order valence-electron chi connectivity index (χ3n) is 4.47. The van der Waals surface area contributed by atoms with Crippen LogP contribution in [0.15, 0.2) is 56.9 Å². The van der Waals surface area contributed by atoms with Crippen molar-refractivity contribution in [2.45, 2.75) is 43.6 Å². The summed E-state index contributed by atoms with van der Waals surface area (Å²) in [6.45, 7) is 2.80. The lowest BCUT2D eigenvalue weighted by atomic mass is 10.1. The fraction of sp³-hybridized carbons (Fsp3) is 0.286. The number of amides is 1. The monoisotopic (exact) mass is 459 g/mol. The Bertz CT molecular complexity index is 1050. The molecule has 7 heteroatoms. The van der Waals surface area contributed by atoms with Gasteiger partial charge in [-0.25, -0.2) is 4.98 Å². The molecule has 1 aromatic heterocycles. The molecule has 28 heavy (non-hydrogen) atoms. The first-order chi connectivity index (χ1) is 13.5. The van der Waals surface area contributed by atoms with Gasteiger partial charge in [-0.3, -0.25) is 14.2 Å². The van der Waals surface area contributed by atoms with Gasteiger partial charge >= 0.3 is 0 Å². The highest BCUT2D eigenvalue weighted by atomic mass is 79.9. The molecule has 146 valence electrons. The van der Waals surface area contributed by atoms with Crippen LogP contribution in [0.4, 0.5) is 0 Å². The Labute approximate surface area is 176 Å². The van der Waals surface area contributed by atoms with Gasteiger partial charge in [0.15, 0.2) is 5.16 Å². The van der Waals surface area contributed by atoms with Gasteiger partial charge in [-0.1, -0.05) is 59.6 Å². The largest absolute Gasteiger partial charge is 0.366 e. The third kappa shape index (κ3) is 4.83. The average Bonchev–Trinajstić information content (AvgIpc) is 2.69. The number of primary amides is 1. The highest BCUT2D eigenvalue weighted by Crippen LogP contribution is 2.24. The molecule has 1 heterocycles. The zero-order valence-corrected chi connectivity index (χ0v) is 18.1. The van der Waals surface area contributed by atoms with Crippen LogP contribution in [0.1, 0.15) is 42.1 Å². The SMILES string of the molecule is CCCCCn1c(SCc2ccc(C(N)=O)cc2)nc2ccc(Br)cc2c1=O. The quantitative estimate of drug-likeness (QED) is 0.299. The molecular formula is C21H22BrN3O2S. The van der Waals surface area contributed by atoms with Crippen molar-refractivity contribution in [3.63, 3.8) is 0 Å². The maximum absolute atomic E-state index is 13.1. The van der Waals surface area contributed by atoms with E-state index in [0.29, 0.717) is 28.8 Å². The number of nitrogens with two attached hydrogens (primary N) is 1. The summed E-state index contributed by atoms with van der Waals surface area (Å²) in [4.78, 5) is 29.0. The van der Waals surface area contributed by atoms with Gasteiger partial charge in [0.25, 0.3) is 5.56 Å². The van der Waals surface area contributed by atoms with Crippen LogP contribution >= 0.6 is 27.7 Å². The third-order valence-corrected chi connectivity index (χ3v) is 6.01. The Kier molecular flexibility index (Phi) is 6.91. The minimum absolute atomic E-state index is 0.00557. The van der Waals surface area contributed by atoms with E-state index in [1.54, 1.807) is 16.7 Å². The standard InChI is InChI=1S/C21H22BrN3O2S/c1-2-3-4-11-25-20(27)17-12-16(22)9-10-18(17)24-21(25)28-13-14-5-7-15(8-6-14)19(23)26/h5-10,12H,2-4,11,13H2,1H3,(H2,23,26). The van der Waals surface area contributed by atoms with Gasteiger partial charge in [-0.2, -0.15) is 0 Å². The van der Waals surface area contributed by atoms with Crippen LogP contribution < -0.4 is 11.3 Å². The molecule has 0 bridgehead atoms. The summed E-state index contributed by atoms with van der Waals surface area (Å²) in [6, 6.07) is 12.8. The molecule has 3 aromatic rings. The van der Waals surface area contributed by atoms with Crippen LogP contribution in [0, 0.1) is 0 Å². The average molecular weight is 460 g/mol. The number of hydrogen-bond acceptors (Lipinski definition) is 4. The van der Waals surface area contributed by atoms with E-state index in [-0.39, 0.29) is 5.56 Å². The maximum atomic E-state index is 13.1. The van der Waals surface area contributed by atoms with Gasteiger partial charge in [0.2, 0.25) is 5.91 Å². The molecule has 0 aliphatic carbocycles. The molecule has 2 N–H and O–H groups in total. The Morgan fingerprint density at radius 2 is 1.93 bits per heavy atom. The molecule has 3 rings (SSSR count). The minimum Gasteiger partial charge on any atom is -0.366 e. The molecule has 2 aromatic carbocycles. The normalized spacial score (nSPS) is 11.1. The summed E-state index contributed by atoms with van der Waals surface area (Å²) in [6.07, 6.45) is 3.11. The Balaban J connectivity index is 1.91. The van der Waals surface area contributed by atoms with E-state index < -0.39 is 5.91 Å². The van der Waals surface area contributed by atoms with Crippen molar-refractivity contribution in [3.8, 4) is 0 Å². The van der Waals surface area contributed by atoms with E-state index in [4.69, 9.17) is 10.7 Å². The topological polar surface area (TPSA) is 78.0 Å². The fourth-order valence-corrected chi connectivity index (χ4v) is 4.26. The minimum atomic E-state index is -0.439. The number of aromatic nitrogens is 2. The van der Waals surface area contributed by atoms with Crippen LogP contribution in [0.2, 0.25) is 0 Å². The molecule has 0 aliphatic heterocycles. The molecule has 0 atom stereocenters. The predicted octanol–water partition coefficient (Wildman–Crippen LogP) is 4.74. The van der Waals surface area contributed by atoms with Crippen molar-refractivity contribution >= 4 is 44.5 Å². The lowest BCUT2D eigenvalue weighted by molar-refractivity contribution is 0.100. The number of nitrogens with zero attached hydrogens (tertiary/aromatic N) is 2. The van der Waals surface area contributed by atoms with Crippen molar-refractivity contribution in [1.29, 1.82) is 0 Å². The molecule has 0 saturated carbocycles. The molecule has 0 radical (unpaired) electrons. The van der Waals surface area contributed by atoms with E-state index in [1.165, 1.54) is 11.8 Å². The lowest BCUT2D eigenvalue weighted by Crippen LogP contribution is -2.23. The second kappa shape index (κ2) is 9.39. The molecule has 0 aliphatic rings. The molecule has 0 fully saturated rings. The number of carbonyl (C=O) groups is 1. The molecule has 0 unspecified atom stereocenters. The number of fused-ring (bicyclic) bond motifs is 1. The second-order valence-corrected chi connectivity index (χ2v) is 8.43. The van der Waals surface area contributed by atoms with Gasteiger partial charge in [-0.15, -0.1) is 0 Å². The Morgan fingerprint density at radius 3 is 2.61 bits per heavy atom. The van der Waals surface area contributed by atoms with E-state index >= 15 is 0 Å². The van der Waals surface area contributed by atoms with E-state index in [2.05, 4.69) is 22.9 Å². The second-order valence-electron chi connectivity index (χ2n) is 6.57. The molecular weight excluding hydrogens is 438 g/mol. The van der Waals surface area contributed by atoms with Gasteiger partial charge < -0.3 is 5.73 Å². The zero-order valence-electron chi connectivity index (χ0n) is 15.7. The fourth-order valence-electron chi connectivity index (χ4n) is 2.91. The number of thioether (sulfide) groups is 1. The first-order valence-electron chi connectivity index (χ1n) is 9.21. The van der Waals surface area contributed by atoms with Gasteiger partial charge in [0.05, 0.1) is 10.9 Å². The highest BCUT2D eigenvalue weighted by Gasteiger charge is 2.12. The summed E-state index contributed by atoms with van der Waals surface area (Å²) < 4.78 is 2.65. The number of rotatable bonds is 8. The van der Waals surface area contributed by atoms with Gasteiger partial charge in [-0.05, 0) is 42.3 Å². The van der Waals surface area contributed by atoms with Crippen LogP contribution in [0.25, 0.3) is 10.9 Å². The van der Waals surface area contributed by atoms with E-state index in [0.717, 1.165) is 34.5 Å². The van der Waals surface area contributed by atoms with Crippen LogP contribution in [0.3, 0.4) is 0 Å². The van der Waals surface area contributed by atoms with Crippen molar-refractivity contribution in [2.75, 3.05) is 0 Å². The van der Waals surface area contributed by atoms with Crippen LogP contribution in [-0.2, 0) is 12.3 Å². The predicted molar refractivity (Wildman–Crippen MR) is 118 cm³/mol. The van der Waals surface area contributed by atoms with Crippen molar-refractivity contribution in [1.82, 2.24) is 9.55 Å². The van der Waals surface area contributed by atoms with Crippen molar-refractivity contribution < 1.29 is 4.79 Å². The van der Waals surface area contributed by atoms with Crippen molar-refractivity contribution in [2.24, 2.45) is 5.73 Å². The van der Waals surface area contributed by atoms with Crippen molar-refractivity contribution in [3.05, 3.63) is 68.4 Å². The van der Waals surface area contributed by atoms with Crippen LogP contribution in [0.5, 0.6) is 0 Å². The van der Waals surface area contributed by atoms with Gasteiger partial charge in [0, 0.05) is 22.3 Å². The number of carbonyl (C=O) groups excluding carboxylic acids is 1. The number of benzene rings is 2. The molecule has 5 nitrogen and oxygen atoms in total. The molecule has 1 amide bonds. The highest BCUT2D eigenvalue weighted by molar-refractivity contribution is 9.10. The van der Waals surface area contributed by atoms with Gasteiger partial charge in [0.1, 0.15) is 0 Å². The zero-order chi connectivity index (χ0) is 20.1. The van der Waals surface area contributed by atoms with Crippen LogP contribution in [-0.4, -0.2) is 15.5 Å². The summed E-state index contributed by atoms with van der Waals surface area (Å²) >= 11 is 4.97. The number of unbranched alkanes of at least 4 members (excludes halogenated alkanes) is 2. The number of hydrogen-bond donors (Lipinski definition) is 1. The molecule has 0 saturated heterocycles.